The molecule has 1 aromatic heterocycles. The summed E-state index contributed by atoms with van der Waals surface area (Å²) in [6.07, 6.45) is -2.66. The van der Waals surface area contributed by atoms with Gasteiger partial charge in [0.25, 0.3) is 0 Å². The SMILES string of the molecule is FC(F)(F)c1cnn(-c2cc(Cl)ccc2CBr)c1. The molecule has 0 unspecified atom stereocenters. The van der Waals surface area contributed by atoms with Gasteiger partial charge in [-0.3, -0.25) is 0 Å². The first-order chi connectivity index (χ1) is 8.41. The zero-order chi connectivity index (χ0) is 13.3. The van der Waals surface area contributed by atoms with Gasteiger partial charge in [0.05, 0.1) is 17.4 Å². The molecule has 0 N–H and O–H groups in total. The Hall–Kier alpha value is -1.01. The van der Waals surface area contributed by atoms with Crippen molar-refractivity contribution in [2.75, 3.05) is 0 Å². The van der Waals surface area contributed by atoms with E-state index < -0.39 is 11.7 Å². The van der Waals surface area contributed by atoms with E-state index in [4.69, 9.17) is 11.6 Å². The first-order valence-corrected chi connectivity index (χ1v) is 6.38. The molecular weight excluding hydrogens is 332 g/mol. The number of aromatic nitrogens is 2. The highest BCUT2D eigenvalue weighted by molar-refractivity contribution is 9.08. The zero-order valence-corrected chi connectivity index (χ0v) is 11.2. The lowest BCUT2D eigenvalue weighted by Gasteiger charge is -2.07. The second-order valence-corrected chi connectivity index (χ2v) is 4.58. The quantitative estimate of drug-likeness (QED) is 0.740. The monoisotopic (exact) mass is 338 g/mol. The van der Waals surface area contributed by atoms with Gasteiger partial charge in [-0.25, -0.2) is 4.68 Å². The molecule has 0 bridgehead atoms. The van der Waals surface area contributed by atoms with Crippen molar-refractivity contribution in [3.05, 3.63) is 46.7 Å². The summed E-state index contributed by atoms with van der Waals surface area (Å²) >= 11 is 9.11. The van der Waals surface area contributed by atoms with E-state index in [1.54, 1.807) is 18.2 Å². The number of benzene rings is 1. The van der Waals surface area contributed by atoms with Crippen molar-refractivity contribution in [2.24, 2.45) is 0 Å². The molecule has 96 valence electrons. The molecule has 0 radical (unpaired) electrons. The molecule has 0 aliphatic rings. The maximum Gasteiger partial charge on any atom is 0.419 e. The molecule has 2 rings (SSSR count). The average molecular weight is 340 g/mol. The van der Waals surface area contributed by atoms with E-state index in [9.17, 15) is 13.2 Å². The summed E-state index contributed by atoms with van der Waals surface area (Å²) in [5.41, 5.74) is 0.536. The van der Waals surface area contributed by atoms with Gasteiger partial charge in [-0.15, -0.1) is 0 Å². The number of hydrogen-bond donors (Lipinski definition) is 0. The van der Waals surface area contributed by atoms with Crippen molar-refractivity contribution >= 4 is 27.5 Å². The maximum atomic E-state index is 12.5. The van der Waals surface area contributed by atoms with Gasteiger partial charge >= 0.3 is 6.18 Å². The summed E-state index contributed by atoms with van der Waals surface area (Å²) in [4.78, 5) is 0. The van der Waals surface area contributed by atoms with Gasteiger partial charge in [0.1, 0.15) is 0 Å². The molecule has 2 nitrogen and oxygen atoms in total. The molecule has 0 fully saturated rings. The fourth-order valence-electron chi connectivity index (χ4n) is 1.46. The van der Waals surface area contributed by atoms with Gasteiger partial charge in [-0.1, -0.05) is 33.6 Å². The maximum absolute atomic E-state index is 12.5. The molecule has 2 aromatic rings. The minimum atomic E-state index is -4.40. The van der Waals surface area contributed by atoms with Crippen LogP contribution in [0, 0.1) is 0 Å². The molecule has 0 amide bonds. The van der Waals surface area contributed by atoms with E-state index in [2.05, 4.69) is 21.0 Å². The number of halogens is 5. The predicted octanol–water partition coefficient (Wildman–Crippen LogP) is 4.44. The van der Waals surface area contributed by atoms with Crippen LogP contribution in [-0.2, 0) is 11.5 Å². The van der Waals surface area contributed by atoms with Crippen LogP contribution >= 0.6 is 27.5 Å². The van der Waals surface area contributed by atoms with Crippen LogP contribution in [0.1, 0.15) is 11.1 Å². The van der Waals surface area contributed by atoms with Crippen LogP contribution in [0.15, 0.2) is 30.6 Å². The average Bonchev–Trinajstić information content (AvgIpc) is 2.77. The van der Waals surface area contributed by atoms with Crippen LogP contribution in [0.4, 0.5) is 13.2 Å². The number of hydrogen-bond acceptors (Lipinski definition) is 1. The van der Waals surface area contributed by atoms with E-state index in [-0.39, 0.29) is 0 Å². The third-order valence-electron chi connectivity index (χ3n) is 2.35. The van der Waals surface area contributed by atoms with Crippen molar-refractivity contribution in [3.8, 4) is 5.69 Å². The minimum absolute atomic E-state index is 0.443. The zero-order valence-electron chi connectivity index (χ0n) is 8.88. The van der Waals surface area contributed by atoms with Gasteiger partial charge in [0.15, 0.2) is 0 Å². The Balaban J connectivity index is 2.49. The number of rotatable bonds is 2. The van der Waals surface area contributed by atoms with Crippen LogP contribution in [0.2, 0.25) is 5.02 Å². The summed E-state index contributed by atoms with van der Waals surface area (Å²) in [7, 11) is 0. The fraction of sp³-hybridized carbons (Fsp3) is 0.182. The van der Waals surface area contributed by atoms with Crippen molar-refractivity contribution in [1.82, 2.24) is 9.78 Å². The van der Waals surface area contributed by atoms with Crippen LogP contribution < -0.4 is 0 Å². The van der Waals surface area contributed by atoms with E-state index in [0.29, 0.717) is 16.0 Å². The third kappa shape index (κ3) is 2.70. The molecule has 7 heteroatoms. The summed E-state index contributed by atoms with van der Waals surface area (Å²) in [5.74, 6) is 0. The first kappa shape index (κ1) is 13.4. The largest absolute Gasteiger partial charge is 0.419 e. The standard InChI is InChI=1S/C11H7BrClF3N2/c12-4-7-1-2-9(13)3-10(7)18-6-8(5-17-18)11(14,15)16/h1-3,5-6H,4H2. The topological polar surface area (TPSA) is 17.8 Å². The Bertz CT molecular complexity index is 566. The Kier molecular flexibility index (Phi) is 3.68. The summed E-state index contributed by atoms with van der Waals surface area (Å²) in [6.45, 7) is 0. The highest BCUT2D eigenvalue weighted by Crippen LogP contribution is 2.30. The third-order valence-corrected chi connectivity index (χ3v) is 3.19. The summed E-state index contributed by atoms with van der Waals surface area (Å²) in [5, 5.41) is 4.66. The second kappa shape index (κ2) is 4.93. The van der Waals surface area contributed by atoms with Crippen LogP contribution in [-0.4, -0.2) is 9.78 Å². The molecule has 1 heterocycles. The Morgan fingerprint density at radius 2 is 2.06 bits per heavy atom. The normalized spacial score (nSPS) is 11.8. The van der Waals surface area contributed by atoms with Crippen molar-refractivity contribution in [3.63, 3.8) is 0 Å². The molecule has 1 aromatic carbocycles. The smallest absolute Gasteiger partial charge is 0.240 e. The van der Waals surface area contributed by atoms with Gasteiger partial charge in [0, 0.05) is 16.5 Å². The molecule has 0 saturated carbocycles. The van der Waals surface area contributed by atoms with E-state index in [0.717, 1.165) is 18.0 Å². The summed E-state index contributed by atoms with van der Waals surface area (Å²) < 4.78 is 38.6. The predicted molar refractivity (Wildman–Crippen MR) is 66.2 cm³/mol. The lowest BCUT2D eigenvalue weighted by Crippen LogP contribution is -2.03. The van der Waals surface area contributed by atoms with Crippen LogP contribution in [0.5, 0.6) is 0 Å². The van der Waals surface area contributed by atoms with Gasteiger partial charge in [-0.2, -0.15) is 18.3 Å². The van der Waals surface area contributed by atoms with E-state index in [1.165, 1.54) is 4.68 Å². The van der Waals surface area contributed by atoms with Gasteiger partial charge in [-0.05, 0) is 17.7 Å². The Morgan fingerprint density at radius 3 is 2.61 bits per heavy atom. The fourth-order valence-corrected chi connectivity index (χ4v) is 2.10. The van der Waals surface area contributed by atoms with Crippen LogP contribution in [0.25, 0.3) is 5.69 Å². The highest BCUT2D eigenvalue weighted by Gasteiger charge is 2.32. The van der Waals surface area contributed by atoms with E-state index in [1.807, 2.05) is 0 Å². The molecule has 0 saturated heterocycles. The van der Waals surface area contributed by atoms with E-state index >= 15 is 0 Å². The molecule has 0 aliphatic heterocycles. The first-order valence-electron chi connectivity index (χ1n) is 4.88. The highest BCUT2D eigenvalue weighted by atomic mass is 79.9. The van der Waals surface area contributed by atoms with Gasteiger partial charge in [0.2, 0.25) is 0 Å². The van der Waals surface area contributed by atoms with Crippen molar-refractivity contribution in [2.45, 2.75) is 11.5 Å². The van der Waals surface area contributed by atoms with Crippen molar-refractivity contribution < 1.29 is 13.2 Å². The van der Waals surface area contributed by atoms with Gasteiger partial charge < -0.3 is 0 Å². The molecule has 0 aliphatic carbocycles. The lowest BCUT2D eigenvalue weighted by molar-refractivity contribution is -0.137. The molecule has 0 spiro atoms. The molecule has 18 heavy (non-hydrogen) atoms. The Labute approximate surface area is 114 Å². The number of alkyl halides is 4. The summed E-state index contributed by atoms with van der Waals surface area (Å²) in [6, 6.07) is 4.99. The number of nitrogens with zero attached hydrogens (tertiary/aromatic N) is 2. The Morgan fingerprint density at radius 1 is 1.33 bits per heavy atom. The minimum Gasteiger partial charge on any atom is -0.240 e. The lowest BCUT2D eigenvalue weighted by atomic mass is 10.2. The molecular formula is C11H7BrClF3N2. The molecule has 0 atom stereocenters. The second-order valence-electron chi connectivity index (χ2n) is 3.58. The van der Waals surface area contributed by atoms with Crippen LogP contribution in [0.3, 0.4) is 0 Å². The van der Waals surface area contributed by atoms with Crippen molar-refractivity contribution in [1.29, 1.82) is 0 Å².